The molecule has 0 amide bonds. The van der Waals surface area contributed by atoms with Gasteiger partial charge in [0.15, 0.2) is 0 Å². The summed E-state index contributed by atoms with van der Waals surface area (Å²) in [6.07, 6.45) is 1.03. The SMILES string of the molecule is CCc1ccc2nc(C(C)N(CC)CCO)[nH]c2c1. The second-order valence-corrected chi connectivity index (χ2v) is 4.86. The Morgan fingerprint density at radius 1 is 1.37 bits per heavy atom. The first-order valence-electron chi connectivity index (χ1n) is 7.03. The molecule has 104 valence electrons. The van der Waals surface area contributed by atoms with Gasteiger partial charge in [-0.2, -0.15) is 0 Å². The van der Waals surface area contributed by atoms with Crippen molar-refractivity contribution in [1.29, 1.82) is 0 Å². The molecule has 1 unspecified atom stereocenters. The number of aromatic amines is 1. The van der Waals surface area contributed by atoms with E-state index in [1.807, 2.05) is 0 Å². The molecular weight excluding hydrogens is 238 g/mol. The fourth-order valence-electron chi connectivity index (χ4n) is 2.42. The Morgan fingerprint density at radius 3 is 2.79 bits per heavy atom. The van der Waals surface area contributed by atoms with Gasteiger partial charge >= 0.3 is 0 Å². The highest BCUT2D eigenvalue weighted by molar-refractivity contribution is 5.75. The Morgan fingerprint density at radius 2 is 2.16 bits per heavy atom. The average molecular weight is 261 g/mol. The van der Waals surface area contributed by atoms with Crippen LogP contribution in [0.25, 0.3) is 11.0 Å². The lowest BCUT2D eigenvalue weighted by atomic mass is 10.1. The maximum absolute atomic E-state index is 9.10. The van der Waals surface area contributed by atoms with Crippen molar-refractivity contribution < 1.29 is 5.11 Å². The first-order chi connectivity index (χ1) is 9.19. The summed E-state index contributed by atoms with van der Waals surface area (Å²) >= 11 is 0. The molecule has 2 aromatic rings. The smallest absolute Gasteiger partial charge is 0.124 e. The monoisotopic (exact) mass is 261 g/mol. The van der Waals surface area contributed by atoms with Crippen molar-refractivity contribution in [3.8, 4) is 0 Å². The van der Waals surface area contributed by atoms with Gasteiger partial charge in [-0.25, -0.2) is 4.98 Å². The number of nitrogens with one attached hydrogen (secondary N) is 1. The third kappa shape index (κ3) is 2.96. The third-order valence-electron chi connectivity index (χ3n) is 3.71. The zero-order valence-corrected chi connectivity index (χ0v) is 12.0. The molecule has 1 atom stereocenters. The summed E-state index contributed by atoms with van der Waals surface area (Å²) in [5.74, 6) is 0.971. The topological polar surface area (TPSA) is 52.1 Å². The van der Waals surface area contributed by atoms with E-state index >= 15 is 0 Å². The molecule has 0 saturated carbocycles. The molecule has 19 heavy (non-hydrogen) atoms. The summed E-state index contributed by atoms with van der Waals surface area (Å²) < 4.78 is 0. The van der Waals surface area contributed by atoms with Gasteiger partial charge in [0.2, 0.25) is 0 Å². The zero-order chi connectivity index (χ0) is 13.8. The lowest BCUT2D eigenvalue weighted by Gasteiger charge is -2.25. The van der Waals surface area contributed by atoms with Crippen molar-refractivity contribution in [1.82, 2.24) is 14.9 Å². The van der Waals surface area contributed by atoms with Crippen LogP contribution in [0.15, 0.2) is 18.2 Å². The number of imidazole rings is 1. The predicted octanol–water partition coefficient (Wildman–Crippen LogP) is 2.50. The standard InChI is InChI=1S/C15H23N3O/c1-4-12-6-7-13-14(10-12)17-15(16-13)11(3)18(5-2)8-9-19/h6-7,10-11,19H,4-5,8-9H2,1-3H3,(H,16,17). The van der Waals surface area contributed by atoms with Crippen LogP contribution < -0.4 is 0 Å². The quantitative estimate of drug-likeness (QED) is 0.840. The van der Waals surface area contributed by atoms with Crippen LogP contribution in [-0.2, 0) is 6.42 Å². The number of benzene rings is 1. The van der Waals surface area contributed by atoms with Gasteiger partial charge in [-0.3, -0.25) is 4.90 Å². The Balaban J connectivity index is 2.29. The van der Waals surface area contributed by atoms with Gasteiger partial charge in [-0.15, -0.1) is 0 Å². The number of hydrogen-bond donors (Lipinski definition) is 2. The molecule has 0 aliphatic heterocycles. The minimum atomic E-state index is 0.179. The van der Waals surface area contributed by atoms with Crippen LogP contribution in [0.3, 0.4) is 0 Å². The Hall–Kier alpha value is -1.39. The molecule has 0 fully saturated rings. The van der Waals surface area contributed by atoms with E-state index in [0.29, 0.717) is 6.54 Å². The predicted molar refractivity (Wildman–Crippen MR) is 78.2 cm³/mol. The van der Waals surface area contributed by atoms with Crippen molar-refractivity contribution in [3.63, 3.8) is 0 Å². The average Bonchev–Trinajstić information content (AvgIpc) is 2.86. The number of aliphatic hydroxyl groups excluding tert-OH is 1. The number of hydrogen-bond acceptors (Lipinski definition) is 3. The van der Waals surface area contributed by atoms with E-state index in [9.17, 15) is 0 Å². The minimum absolute atomic E-state index is 0.179. The first-order valence-corrected chi connectivity index (χ1v) is 7.03. The van der Waals surface area contributed by atoms with E-state index in [4.69, 9.17) is 5.11 Å². The van der Waals surface area contributed by atoms with Crippen LogP contribution in [0, 0.1) is 0 Å². The van der Waals surface area contributed by atoms with Crippen LogP contribution >= 0.6 is 0 Å². The molecule has 0 aliphatic carbocycles. The molecule has 1 heterocycles. The molecule has 2 N–H and O–H groups in total. The van der Waals surface area contributed by atoms with Crippen LogP contribution in [-0.4, -0.2) is 39.7 Å². The molecule has 0 aliphatic rings. The molecule has 1 aromatic carbocycles. The third-order valence-corrected chi connectivity index (χ3v) is 3.71. The van der Waals surface area contributed by atoms with Crippen molar-refractivity contribution in [2.75, 3.05) is 19.7 Å². The van der Waals surface area contributed by atoms with Crippen molar-refractivity contribution in [2.24, 2.45) is 0 Å². The molecule has 0 bridgehead atoms. The van der Waals surface area contributed by atoms with E-state index < -0.39 is 0 Å². The van der Waals surface area contributed by atoms with E-state index in [1.165, 1.54) is 5.56 Å². The summed E-state index contributed by atoms with van der Waals surface area (Å²) in [4.78, 5) is 10.3. The number of nitrogens with zero attached hydrogens (tertiary/aromatic N) is 2. The van der Waals surface area contributed by atoms with Gasteiger partial charge < -0.3 is 10.1 Å². The van der Waals surface area contributed by atoms with Gasteiger partial charge in [0.25, 0.3) is 0 Å². The summed E-state index contributed by atoms with van der Waals surface area (Å²) in [7, 11) is 0. The van der Waals surface area contributed by atoms with Crippen molar-refractivity contribution in [2.45, 2.75) is 33.2 Å². The number of aryl methyl sites for hydroxylation is 1. The van der Waals surface area contributed by atoms with E-state index in [1.54, 1.807) is 0 Å². The Kier molecular flexibility index (Phi) is 4.56. The van der Waals surface area contributed by atoms with Crippen LogP contribution in [0.1, 0.15) is 38.2 Å². The second kappa shape index (κ2) is 6.17. The fraction of sp³-hybridized carbons (Fsp3) is 0.533. The van der Waals surface area contributed by atoms with Crippen LogP contribution in [0.2, 0.25) is 0 Å². The lowest BCUT2D eigenvalue weighted by Crippen LogP contribution is -2.30. The molecule has 4 heteroatoms. The van der Waals surface area contributed by atoms with Crippen LogP contribution in [0.5, 0.6) is 0 Å². The largest absolute Gasteiger partial charge is 0.395 e. The molecule has 0 radical (unpaired) electrons. The highest BCUT2D eigenvalue weighted by atomic mass is 16.3. The molecule has 4 nitrogen and oxygen atoms in total. The normalized spacial score (nSPS) is 13.3. The Bertz CT molecular complexity index is 535. The molecule has 2 rings (SSSR count). The van der Waals surface area contributed by atoms with Gasteiger partial charge in [0, 0.05) is 6.54 Å². The van der Waals surface area contributed by atoms with E-state index in [0.717, 1.165) is 29.8 Å². The highest BCUT2D eigenvalue weighted by Crippen LogP contribution is 2.21. The summed E-state index contributed by atoms with van der Waals surface area (Å²) in [6.45, 7) is 8.13. The first kappa shape index (κ1) is 14.0. The highest BCUT2D eigenvalue weighted by Gasteiger charge is 2.17. The summed E-state index contributed by atoms with van der Waals surface area (Å²) in [5.41, 5.74) is 3.43. The maximum Gasteiger partial charge on any atom is 0.124 e. The van der Waals surface area contributed by atoms with Gasteiger partial charge in [-0.1, -0.05) is 19.9 Å². The number of H-pyrrole nitrogens is 1. The number of aromatic nitrogens is 2. The number of fused-ring (bicyclic) bond motifs is 1. The zero-order valence-electron chi connectivity index (χ0n) is 12.0. The number of likely N-dealkylation sites (N-methyl/N-ethyl adjacent to an activating group) is 1. The van der Waals surface area contributed by atoms with Crippen molar-refractivity contribution in [3.05, 3.63) is 29.6 Å². The van der Waals surface area contributed by atoms with Gasteiger partial charge in [0.1, 0.15) is 5.82 Å². The van der Waals surface area contributed by atoms with Gasteiger partial charge in [0.05, 0.1) is 23.7 Å². The molecular formula is C15H23N3O. The molecule has 0 spiro atoms. The maximum atomic E-state index is 9.10. The van der Waals surface area contributed by atoms with E-state index in [2.05, 4.69) is 53.8 Å². The summed E-state index contributed by atoms with van der Waals surface area (Å²) in [5, 5.41) is 9.10. The number of aliphatic hydroxyl groups is 1. The lowest BCUT2D eigenvalue weighted by molar-refractivity contribution is 0.161. The Labute approximate surface area is 114 Å². The minimum Gasteiger partial charge on any atom is -0.395 e. The fourth-order valence-corrected chi connectivity index (χ4v) is 2.42. The molecule has 1 aromatic heterocycles. The van der Waals surface area contributed by atoms with E-state index in [-0.39, 0.29) is 12.6 Å². The summed E-state index contributed by atoms with van der Waals surface area (Å²) in [6, 6.07) is 6.56. The van der Waals surface area contributed by atoms with Crippen LogP contribution in [0.4, 0.5) is 0 Å². The van der Waals surface area contributed by atoms with Crippen molar-refractivity contribution >= 4 is 11.0 Å². The number of rotatable bonds is 6. The van der Waals surface area contributed by atoms with Gasteiger partial charge in [-0.05, 0) is 37.6 Å². The second-order valence-electron chi connectivity index (χ2n) is 4.86. The molecule has 0 saturated heterocycles.